The molecule has 0 amide bonds. The molecule has 2 rings (SSSR count). The summed E-state index contributed by atoms with van der Waals surface area (Å²) in [5.41, 5.74) is 2.63. The van der Waals surface area contributed by atoms with E-state index in [-0.39, 0.29) is 0 Å². The SMILES string of the molecule is C1=CCCCCCC(C2=NN=CCCCCC2)=C1. The molecule has 1 aliphatic heterocycles. The lowest BCUT2D eigenvalue weighted by molar-refractivity contribution is 0.689. The van der Waals surface area contributed by atoms with Gasteiger partial charge in [0.05, 0.1) is 5.71 Å². The predicted molar refractivity (Wildman–Crippen MR) is 79.3 cm³/mol. The summed E-state index contributed by atoms with van der Waals surface area (Å²) in [6.45, 7) is 0. The lowest BCUT2D eigenvalue weighted by Crippen LogP contribution is -2.03. The predicted octanol–water partition coefficient (Wildman–Crippen LogP) is 4.82. The van der Waals surface area contributed by atoms with Crippen LogP contribution >= 0.6 is 0 Å². The molecule has 0 saturated heterocycles. The van der Waals surface area contributed by atoms with Gasteiger partial charge in [-0.05, 0) is 56.9 Å². The maximum Gasteiger partial charge on any atom is 0.0662 e. The first-order valence-corrected chi connectivity index (χ1v) is 7.41. The highest BCUT2D eigenvalue weighted by atomic mass is 15.2. The molecule has 0 saturated carbocycles. The van der Waals surface area contributed by atoms with Crippen LogP contribution in [0.2, 0.25) is 0 Å². The first-order chi connectivity index (χ1) is 8.97. The smallest absolute Gasteiger partial charge is 0.0662 e. The summed E-state index contributed by atoms with van der Waals surface area (Å²) in [6.07, 6.45) is 21.0. The standard InChI is InChI=1S/C16H24N2/c1-2-4-8-12-15(11-7-3-1)16-13-9-5-6-10-14-17-18-16/h3,7,11,14H,1-2,4-6,8-10,12-13H2. The van der Waals surface area contributed by atoms with Crippen molar-refractivity contribution >= 4 is 11.9 Å². The van der Waals surface area contributed by atoms with Crippen LogP contribution in [0.4, 0.5) is 0 Å². The van der Waals surface area contributed by atoms with Crippen molar-refractivity contribution in [2.24, 2.45) is 10.2 Å². The second kappa shape index (κ2) is 8.02. The zero-order chi connectivity index (χ0) is 12.5. The van der Waals surface area contributed by atoms with Gasteiger partial charge in [0.1, 0.15) is 0 Å². The molecule has 0 atom stereocenters. The summed E-state index contributed by atoms with van der Waals surface area (Å²) < 4.78 is 0. The number of allylic oxidation sites excluding steroid dienone is 4. The van der Waals surface area contributed by atoms with Gasteiger partial charge in [-0.2, -0.15) is 10.2 Å². The molecule has 2 heteroatoms. The van der Waals surface area contributed by atoms with E-state index in [0.29, 0.717) is 0 Å². The van der Waals surface area contributed by atoms with Gasteiger partial charge in [0.25, 0.3) is 0 Å². The van der Waals surface area contributed by atoms with Gasteiger partial charge < -0.3 is 0 Å². The van der Waals surface area contributed by atoms with Crippen LogP contribution in [0, 0.1) is 0 Å². The molecule has 0 unspecified atom stereocenters. The molecule has 0 radical (unpaired) electrons. The van der Waals surface area contributed by atoms with Gasteiger partial charge >= 0.3 is 0 Å². The molecule has 0 aromatic heterocycles. The highest BCUT2D eigenvalue weighted by Gasteiger charge is 2.08. The van der Waals surface area contributed by atoms with Crippen LogP contribution in [0.25, 0.3) is 0 Å². The third kappa shape index (κ3) is 4.59. The van der Waals surface area contributed by atoms with Crippen molar-refractivity contribution in [2.45, 2.75) is 64.2 Å². The minimum Gasteiger partial charge on any atom is -0.163 e. The molecule has 2 nitrogen and oxygen atoms in total. The molecule has 0 N–H and O–H groups in total. The van der Waals surface area contributed by atoms with Crippen LogP contribution in [0.1, 0.15) is 64.2 Å². The Morgan fingerprint density at radius 3 is 2.61 bits per heavy atom. The second-order valence-electron chi connectivity index (χ2n) is 5.16. The summed E-state index contributed by atoms with van der Waals surface area (Å²) in [6, 6.07) is 0. The Balaban J connectivity index is 2.09. The van der Waals surface area contributed by atoms with Gasteiger partial charge in [0.2, 0.25) is 0 Å². The number of nitrogens with zero attached hydrogens (tertiary/aromatic N) is 2. The summed E-state index contributed by atoms with van der Waals surface area (Å²) in [4.78, 5) is 0. The van der Waals surface area contributed by atoms with E-state index in [9.17, 15) is 0 Å². The van der Waals surface area contributed by atoms with Crippen LogP contribution in [-0.4, -0.2) is 11.9 Å². The summed E-state index contributed by atoms with van der Waals surface area (Å²) in [7, 11) is 0. The van der Waals surface area contributed by atoms with E-state index in [2.05, 4.69) is 28.4 Å². The average Bonchev–Trinajstić information content (AvgIpc) is 2.61. The molecule has 1 aliphatic carbocycles. The quantitative estimate of drug-likeness (QED) is 0.631. The molecular weight excluding hydrogens is 220 g/mol. The third-order valence-corrected chi connectivity index (χ3v) is 3.63. The molecule has 0 aromatic carbocycles. The topological polar surface area (TPSA) is 24.7 Å². The normalized spacial score (nSPS) is 22.7. The highest BCUT2D eigenvalue weighted by Crippen LogP contribution is 2.19. The zero-order valence-corrected chi connectivity index (χ0v) is 11.3. The second-order valence-corrected chi connectivity index (χ2v) is 5.16. The molecule has 0 aromatic rings. The fraction of sp³-hybridized carbons (Fsp3) is 0.625. The van der Waals surface area contributed by atoms with Crippen molar-refractivity contribution in [1.82, 2.24) is 0 Å². The summed E-state index contributed by atoms with van der Waals surface area (Å²) in [5.74, 6) is 0. The lowest BCUT2D eigenvalue weighted by Gasteiger charge is -2.08. The first kappa shape index (κ1) is 13.3. The largest absolute Gasteiger partial charge is 0.163 e. The van der Waals surface area contributed by atoms with Gasteiger partial charge in [-0.3, -0.25) is 0 Å². The van der Waals surface area contributed by atoms with Crippen molar-refractivity contribution in [1.29, 1.82) is 0 Å². The zero-order valence-electron chi connectivity index (χ0n) is 11.3. The molecule has 18 heavy (non-hydrogen) atoms. The van der Waals surface area contributed by atoms with Crippen LogP contribution in [0.5, 0.6) is 0 Å². The Morgan fingerprint density at radius 2 is 1.67 bits per heavy atom. The van der Waals surface area contributed by atoms with Crippen molar-refractivity contribution in [3.05, 3.63) is 23.8 Å². The highest BCUT2D eigenvalue weighted by molar-refractivity contribution is 6.00. The summed E-state index contributed by atoms with van der Waals surface area (Å²) in [5, 5.41) is 8.68. The Morgan fingerprint density at radius 1 is 0.833 bits per heavy atom. The molecular formula is C16H24N2. The molecule has 2 aliphatic rings. The maximum atomic E-state index is 4.45. The number of hydrogen-bond donors (Lipinski definition) is 0. The maximum absolute atomic E-state index is 4.45. The number of rotatable bonds is 1. The van der Waals surface area contributed by atoms with Gasteiger partial charge in [-0.25, -0.2) is 0 Å². The molecule has 0 spiro atoms. The average molecular weight is 244 g/mol. The Hall–Kier alpha value is -1.18. The Bertz CT molecular complexity index is 325. The molecule has 1 heterocycles. The number of hydrogen-bond acceptors (Lipinski definition) is 2. The van der Waals surface area contributed by atoms with Crippen molar-refractivity contribution in [2.75, 3.05) is 0 Å². The van der Waals surface area contributed by atoms with Gasteiger partial charge in [-0.1, -0.05) is 31.1 Å². The van der Waals surface area contributed by atoms with Crippen LogP contribution in [0.3, 0.4) is 0 Å². The van der Waals surface area contributed by atoms with Crippen molar-refractivity contribution in [3.8, 4) is 0 Å². The van der Waals surface area contributed by atoms with Crippen LogP contribution < -0.4 is 0 Å². The van der Waals surface area contributed by atoms with E-state index in [1.807, 2.05) is 6.21 Å². The van der Waals surface area contributed by atoms with E-state index >= 15 is 0 Å². The lowest BCUT2D eigenvalue weighted by atomic mass is 9.98. The van der Waals surface area contributed by atoms with E-state index in [1.165, 1.54) is 62.7 Å². The third-order valence-electron chi connectivity index (χ3n) is 3.63. The van der Waals surface area contributed by atoms with Gasteiger partial charge in [0, 0.05) is 6.21 Å². The van der Waals surface area contributed by atoms with E-state index < -0.39 is 0 Å². The molecule has 0 bridgehead atoms. The van der Waals surface area contributed by atoms with Crippen LogP contribution in [-0.2, 0) is 0 Å². The van der Waals surface area contributed by atoms with E-state index in [0.717, 1.165) is 12.8 Å². The van der Waals surface area contributed by atoms with Gasteiger partial charge in [-0.15, -0.1) is 0 Å². The fourth-order valence-electron chi connectivity index (χ4n) is 2.51. The minimum absolute atomic E-state index is 1.08. The van der Waals surface area contributed by atoms with E-state index in [1.54, 1.807) is 0 Å². The molecule has 0 fully saturated rings. The Kier molecular flexibility index (Phi) is 5.90. The van der Waals surface area contributed by atoms with Gasteiger partial charge in [0.15, 0.2) is 0 Å². The fourth-order valence-corrected chi connectivity index (χ4v) is 2.51. The first-order valence-electron chi connectivity index (χ1n) is 7.41. The van der Waals surface area contributed by atoms with E-state index in [4.69, 9.17) is 0 Å². The Labute approximate surface area is 111 Å². The monoisotopic (exact) mass is 244 g/mol. The van der Waals surface area contributed by atoms with Crippen LogP contribution in [0.15, 0.2) is 34.0 Å². The van der Waals surface area contributed by atoms with Crippen molar-refractivity contribution < 1.29 is 0 Å². The minimum atomic E-state index is 1.08. The van der Waals surface area contributed by atoms with Crippen molar-refractivity contribution in [3.63, 3.8) is 0 Å². The molecule has 98 valence electrons. The summed E-state index contributed by atoms with van der Waals surface area (Å²) >= 11 is 0.